The molecule has 0 bridgehead atoms. The summed E-state index contributed by atoms with van der Waals surface area (Å²) < 4.78 is 0. The Morgan fingerprint density at radius 2 is 1.85 bits per heavy atom. The van der Waals surface area contributed by atoms with Crippen molar-refractivity contribution in [2.24, 2.45) is 5.73 Å². The zero-order chi connectivity index (χ0) is 14.5. The summed E-state index contributed by atoms with van der Waals surface area (Å²) in [4.78, 5) is 11.3. The Kier molecular flexibility index (Phi) is 4.55. The molecular formula is C14H12ClN3OS. The first-order chi connectivity index (χ1) is 9.56. The predicted molar refractivity (Wildman–Crippen MR) is 86.3 cm³/mol. The molecule has 0 atom stereocenters. The lowest BCUT2D eigenvalue weighted by Gasteiger charge is -2.12. The van der Waals surface area contributed by atoms with Gasteiger partial charge < -0.3 is 16.4 Å². The van der Waals surface area contributed by atoms with E-state index in [1.54, 1.807) is 36.4 Å². The van der Waals surface area contributed by atoms with Gasteiger partial charge in [0, 0.05) is 10.7 Å². The summed E-state index contributed by atoms with van der Waals surface area (Å²) in [7, 11) is 0. The predicted octanol–water partition coefficient (Wildman–Crippen LogP) is 3.25. The Hall–Kier alpha value is -2.11. The van der Waals surface area contributed by atoms with E-state index in [9.17, 15) is 4.79 Å². The summed E-state index contributed by atoms with van der Waals surface area (Å²) in [6.07, 6.45) is 0. The molecule has 4 nitrogen and oxygen atoms in total. The van der Waals surface area contributed by atoms with Crippen LogP contribution in [0.2, 0.25) is 5.02 Å². The Morgan fingerprint density at radius 1 is 1.10 bits per heavy atom. The van der Waals surface area contributed by atoms with E-state index in [4.69, 9.17) is 29.6 Å². The highest BCUT2D eigenvalue weighted by atomic mass is 35.5. The van der Waals surface area contributed by atoms with Crippen LogP contribution in [-0.2, 0) is 0 Å². The van der Waals surface area contributed by atoms with Crippen molar-refractivity contribution in [3.8, 4) is 0 Å². The maximum Gasteiger partial charge on any atom is 0.250 e. The van der Waals surface area contributed by atoms with Crippen LogP contribution in [0, 0.1) is 0 Å². The summed E-state index contributed by atoms with van der Waals surface area (Å²) in [5.74, 6) is -0.515. The van der Waals surface area contributed by atoms with Crippen molar-refractivity contribution in [1.82, 2.24) is 0 Å². The van der Waals surface area contributed by atoms with E-state index in [1.807, 2.05) is 12.1 Å². The average molecular weight is 306 g/mol. The summed E-state index contributed by atoms with van der Waals surface area (Å²) >= 11 is 11.1. The quantitative estimate of drug-likeness (QED) is 0.762. The fourth-order valence-electron chi connectivity index (χ4n) is 1.66. The number of nitrogens with one attached hydrogen (secondary N) is 2. The molecule has 0 saturated carbocycles. The number of halogens is 1. The second-order valence-corrected chi connectivity index (χ2v) is 4.84. The third kappa shape index (κ3) is 3.69. The van der Waals surface area contributed by atoms with Crippen molar-refractivity contribution >= 4 is 46.2 Å². The minimum atomic E-state index is -0.515. The smallest absolute Gasteiger partial charge is 0.250 e. The fourth-order valence-corrected chi connectivity index (χ4v) is 2.08. The number of nitrogens with two attached hydrogens (primary N) is 1. The molecule has 1 amide bonds. The van der Waals surface area contributed by atoms with Crippen LogP contribution in [0.1, 0.15) is 10.4 Å². The average Bonchev–Trinajstić information content (AvgIpc) is 2.38. The number of para-hydroxylation sites is 1. The number of benzene rings is 2. The number of hydrogen-bond donors (Lipinski definition) is 3. The number of carbonyl (C=O) groups is 1. The summed E-state index contributed by atoms with van der Waals surface area (Å²) in [6, 6.07) is 14.0. The van der Waals surface area contributed by atoms with Gasteiger partial charge in [-0.2, -0.15) is 0 Å². The Bertz CT molecular complexity index is 660. The van der Waals surface area contributed by atoms with E-state index in [0.717, 1.165) is 5.69 Å². The first kappa shape index (κ1) is 14.3. The van der Waals surface area contributed by atoms with Crippen LogP contribution in [0.4, 0.5) is 11.4 Å². The van der Waals surface area contributed by atoms with E-state index in [2.05, 4.69) is 10.6 Å². The van der Waals surface area contributed by atoms with Gasteiger partial charge in [0.05, 0.1) is 11.3 Å². The van der Waals surface area contributed by atoms with E-state index >= 15 is 0 Å². The molecule has 0 aliphatic heterocycles. The van der Waals surface area contributed by atoms with Crippen LogP contribution in [0.25, 0.3) is 0 Å². The third-order valence-corrected chi connectivity index (χ3v) is 2.96. The molecule has 2 aromatic rings. The highest BCUT2D eigenvalue weighted by Crippen LogP contribution is 2.17. The van der Waals surface area contributed by atoms with Gasteiger partial charge in [-0.15, -0.1) is 0 Å². The Balaban J connectivity index is 2.11. The molecule has 0 radical (unpaired) electrons. The molecule has 0 aromatic heterocycles. The van der Waals surface area contributed by atoms with E-state index in [-0.39, 0.29) is 0 Å². The van der Waals surface area contributed by atoms with E-state index in [1.165, 1.54) is 0 Å². The molecule has 102 valence electrons. The number of rotatable bonds is 3. The standard InChI is InChI=1S/C14H12ClN3OS/c15-9-4-3-5-10(8-9)17-14(20)18-12-7-2-1-6-11(12)13(16)19/h1-8H,(H2,16,19)(H2,17,18,20). The third-order valence-electron chi connectivity index (χ3n) is 2.52. The summed E-state index contributed by atoms with van der Waals surface area (Å²) in [6.45, 7) is 0. The minimum absolute atomic E-state index is 0.348. The lowest BCUT2D eigenvalue weighted by atomic mass is 10.1. The highest BCUT2D eigenvalue weighted by Gasteiger charge is 2.08. The minimum Gasteiger partial charge on any atom is -0.366 e. The van der Waals surface area contributed by atoms with Crippen molar-refractivity contribution in [2.45, 2.75) is 0 Å². The van der Waals surface area contributed by atoms with Gasteiger partial charge >= 0.3 is 0 Å². The van der Waals surface area contributed by atoms with Gasteiger partial charge in [0.2, 0.25) is 0 Å². The van der Waals surface area contributed by atoms with Gasteiger partial charge in [-0.05, 0) is 42.5 Å². The molecule has 0 heterocycles. The molecule has 0 aliphatic carbocycles. The van der Waals surface area contributed by atoms with E-state index in [0.29, 0.717) is 21.4 Å². The largest absolute Gasteiger partial charge is 0.366 e. The fraction of sp³-hybridized carbons (Fsp3) is 0. The maximum absolute atomic E-state index is 11.3. The number of carbonyl (C=O) groups excluding carboxylic acids is 1. The van der Waals surface area contributed by atoms with Crippen molar-refractivity contribution in [2.75, 3.05) is 10.6 Å². The molecule has 2 aromatic carbocycles. The van der Waals surface area contributed by atoms with Crippen LogP contribution in [0.3, 0.4) is 0 Å². The van der Waals surface area contributed by atoms with Gasteiger partial charge in [0.25, 0.3) is 5.91 Å². The normalized spacial score (nSPS) is 9.85. The molecule has 0 aliphatic rings. The molecule has 0 fully saturated rings. The van der Waals surface area contributed by atoms with Crippen LogP contribution < -0.4 is 16.4 Å². The highest BCUT2D eigenvalue weighted by molar-refractivity contribution is 7.80. The first-order valence-corrected chi connectivity index (χ1v) is 6.57. The van der Waals surface area contributed by atoms with Gasteiger partial charge in [-0.3, -0.25) is 4.79 Å². The van der Waals surface area contributed by atoms with Crippen molar-refractivity contribution in [3.63, 3.8) is 0 Å². The van der Waals surface area contributed by atoms with Crippen molar-refractivity contribution in [3.05, 3.63) is 59.1 Å². The number of anilines is 2. The Labute approximate surface area is 126 Å². The lowest BCUT2D eigenvalue weighted by molar-refractivity contribution is 0.100. The Morgan fingerprint density at radius 3 is 2.55 bits per heavy atom. The molecule has 4 N–H and O–H groups in total. The monoisotopic (exact) mass is 305 g/mol. The summed E-state index contributed by atoms with van der Waals surface area (Å²) in [5.41, 5.74) is 6.99. The number of amides is 1. The lowest BCUT2D eigenvalue weighted by Crippen LogP contribution is -2.22. The number of primary amides is 1. The van der Waals surface area contributed by atoms with Gasteiger partial charge in [0.1, 0.15) is 0 Å². The topological polar surface area (TPSA) is 67.2 Å². The molecule has 0 unspecified atom stereocenters. The van der Waals surface area contributed by atoms with Crippen LogP contribution >= 0.6 is 23.8 Å². The van der Waals surface area contributed by atoms with Gasteiger partial charge in [-0.25, -0.2) is 0 Å². The molecule has 0 spiro atoms. The van der Waals surface area contributed by atoms with Gasteiger partial charge in [-0.1, -0.05) is 29.8 Å². The number of thiocarbonyl (C=S) groups is 1. The zero-order valence-corrected chi connectivity index (χ0v) is 12.0. The van der Waals surface area contributed by atoms with Crippen molar-refractivity contribution in [1.29, 1.82) is 0 Å². The maximum atomic E-state index is 11.3. The van der Waals surface area contributed by atoms with Crippen molar-refractivity contribution < 1.29 is 4.79 Å². The second-order valence-electron chi connectivity index (χ2n) is 4.00. The second kappa shape index (κ2) is 6.36. The van der Waals surface area contributed by atoms with Crippen LogP contribution in [0.5, 0.6) is 0 Å². The van der Waals surface area contributed by atoms with E-state index < -0.39 is 5.91 Å². The zero-order valence-electron chi connectivity index (χ0n) is 10.4. The molecular weight excluding hydrogens is 294 g/mol. The van der Waals surface area contributed by atoms with Gasteiger partial charge in [0.15, 0.2) is 5.11 Å². The van der Waals surface area contributed by atoms with Crippen LogP contribution in [-0.4, -0.2) is 11.0 Å². The SMILES string of the molecule is NC(=O)c1ccccc1NC(=S)Nc1cccc(Cl)c1. The first-order valence-electron chi connectivity index (χ1n) is 5.78. The molecule has 2 rings (SSSR count). The molecule has 0 saturated heterocycles. The number of hydrogen-bond acceptors (Lipinski definition) is 2. The molecule has 6 heteroatoms. The molecule has 20 heavy (non-hydrogen) atoms. The summed E-state index contributed by atoms with van der Waals surface area (Å²) in [5, 5.41) is 6.87. The van der Waals surface area contributed by atoms with Crippen LogP contribution in [0.15, 0.2) is 48.5 Å².